The molecule has 1 radical (unpaired) electrons. The van der Waals surface area contributed by atoms with Crippen LogP contribution in [0.15, 0.2) is 0 Å². The second-order valence-corrected chi connectivity index (χ2v) is 14.9. The summed E-state index contributed by atoms with van der Waals surface area (Å²) in [7, 11) is 1.29. The van der Waals surface area contributed by atoms with Crippen molar-refractivity contribution in [1.82, 2.24) is 9.80 Å². The van der Waals surface area contributed by atoms with Crippen molar-refractivity contribution >= 4 is 17.4 Å². The second kappa shape index (κ2) is 8.58. The van der Waals surface area contributed by atoms with Gasteiger partial charge in [0.1, 0.15) is 0 Å². The summed E-state index contributed by atoms with van der Waals surface area (Å²) in [6, 6.07) is 1.07. The largest absolute Gasteiger partial charge is 0.398 e. The van der Waals surface area contributed by atoms with E-state index in [0.29, 0.717) is 5.92 Å². The van der Waals surface area contributed by atoms with Crippen molar-refractivity contribution in [3.63, 3.8) is 0 Å². The normalized spacial score (nSPS) is 23.5. The molecule has 137 valence electrons. The highest BCUT2D eigenvalue weighted by molar-refractivity contribution is 6.66. The minimum Gasteiger partial charge on any atom is -0.398 e. The standard InChI is InChI=1S/C17H39N2O2Si2/c1-15(14-23(9,20-5)21-6)12-18-10-11-19(17(2,3)4)13-16(18)22(7)8/h15-16H,10-14H2,1-9H3. The van der Waals surface area contributed by atoms with Gasteiger partial charge in [-0.25, -0.2) is 0 Å². The maximum Gasteiger partial charge on any atom is 0.334 e. The van der Waals surface area contributed by atoms with Gasteiger partial charge in [0.05, 0.1) is 8.80 Å². The Labute approximate surface area is 147 Å². The number of hydrogen-bond acceptors (Lipinski definition) is 4. The third kappa shape index (κ3) is 6.25. The van der Waals surface area contributed by atoms with Gasteiger partial charge < -0.3 is 13.8 Å². The van der Waals surface area contributed by atoms with E-state index in [1.807, 2.05) is 0 Å². The molecule has 0 aromatic carbocycles. The molecular formula is C17H39N2O2Si2. The third-order valence-corrected chi connectivity index (χ3v) is 10.3. The van der Waals surface area contributed by atoms with Crippen molar-refractivity contribution in [2.75, 3.05) is 40.4 Å². The summed E-state index contributed by atoms with van der Waals surface area (Å²) in [6.45, 7) is 21.3. The van der Waals surface area contributed by atoms with Crippen molar-refractivity contribution in [3.8, 4) is 0 Å². The lowest BCUT2D eigenvalue weighted by atomic mass is 10.0. The van der Waals surface area contributed by atoms with E-state index in [-0.39, 0.29) is 14.3 Å². The molecule has 1 aliphatic rings. The van der Waals surface area contributed by atoms with Crippen LogP contribution in [0.2, 0.25) is 25.7 Å². The first-order chi connectivity index (χ1) is 10.5. The van der Waals surface area contributed by atoms with Crippen molar-refractivity contribution in [3.05, 3.63) is 0 Å². The summed E-state index contributed by atoms with van der Waals surface area (Å²) in [5.74, 6) is 0.622. The van der Waals surface area contributed by atoms with Crippen LogP contribution in [-0.2, 0) is 8.85 Å². The molecule has 2 unspecified atom stereocenters. The van der Waals surface area contributed by atoms with E-state index < -0.39 is 8.56 Å². The molecule has 0 amide bonds. The molecular weight excluding hydrogens is 320 g/mol. The number of hydrogen-bond donors (Lipinski definition) is 0. The van der Waals surface area contributed by atoms with Gasteiger partial charge in [0.2, 0.25) is 0 Å². The maximum atomic E-state index is 5.68. The summed E-state index contributed by atoms with van der Waals surface area (Å²) in [5.41, 5.74) is 1.03. The van der Waals surface area contributed by atoms with E-state index >= 15 is 0 Å². The number of rotatable bonds is 7. The zero-order valence-corrected chi connectivity index (χ0v) is 18.9. The average molecular weight is 360 g/mol. The topological polar surface area (TPSA) is 24.9 Å². The summed E-state index contributed by atoms with van der Waals surface area (Å²) >= 11 is 0. The summed E-state index contributed by atoms with van der Waals surface area (Å²) in [6.07, 6.45) is 0. The molecule has 23 heavy (non-hydrogen) atoms. The van der Waals surface area contributed by atoms with Crippen molar-refractivity contribution in [2.24, 2.45) is 5.92 Å². The lowest BCUT2D eigenvalue weighted by Crippen LogP contribution is -2.62. The molecule has 1 aliphatic heterocycles. The summed E-state index contributed by atoms with van der Waals surface area (Å²) < 4.78 is 11.4. The van der Waals surface area contributed by atoms with Crippen LogP contribution in [0.4, 0.5) is 0 Å². The Morgan fingerprint density at radius 1 is 1.17 bits per heavy atom. The highest BCUT2D eigenvalue weighted by Crippen LogP contribution is 2.24. The Hall–Kier alpha value is 0.274. The fourth-order valence-corrected chi connectivity index (χ4v) is 6.99. The first-order valence-corrected chi connectivity index (χ1v) is 14.0. The molecule has 4 nitrogen and oxygen atoms in total. The number of piperazine rings is 1. The molecule has 0 saturated carbocycles. The summed E-state index contributed by atoms with van der Waals surface area (Å²) in [5, 5.41) is 0. The Morgan fingerprint density at radius 3 is 2.17 bits per heavy atom. The van der Waals surface area contributed by atoms with Crippen LogP contribution in [0.5, 0.6) is 0 Å². The van der Waals surface area contributed by atoms with Crippen LogP contribution >= 0.6 is 0 Å². The van der Waals surface area contributed by atoms with Crippen LogP contribution < -0.4 is 0 Å². The van der Waals surface area contributed by atoms with Gasteiger partial charge in [0.25, 0.3) is 0 Å². The highest BCUT2D eigenvalue weighted by atomic mass is 28.4. The van der Waals surface area contributed by atoms with Crippen LogP contribution in [0.1, 0.15) is 27.7 Å². The van der Waals surface area contributed by atoms with Crippen LogP contribution in [0.25, 0.3) is 0 Å². The van der Waals surface area contributed by atoms with Crippen molar-refractivity contribution < 1.29 is 8.85 Å². The maximum absolute atomic E-state index is 5.68. The van der Waals surface area contributed by atoms with Gasteiger partial charge in [-0.15, -0.1) is 0 Å². The molecule has 1 saturated heterocycles. The second-order valence-electron chi connectivity index (χ2n) is 8.56. The molecule has 0 bridgehead atoms. The lowest BCUT2D eigenvalue weighted by molar-refractivity contribution is 0.0408. The van der Waals surface area contributed by atoms with Crippen molar-refractivity contribution in [1.29, 1.82) is 0 Å². The Morgan fingerprint density at radius 2 is 1.74 bits per heavy atom. The van der Waals surface area contributed by atoms with Gasteiger partial charge in [-0.05, 0) is 39.3 Å². The van der Waals surface area contributed by atoms with Gasteiger partial charge in [-0.1, -0.05) is 20.0 Å². The predicted molar refractivity (Wildman–Crippen MR) is 104 cm³/mol. The quantitative estimate of drug-likeness (QED) is 0.652. The Kier molecular flexibility index (Phi) is 7.95. The van der Waals surface area contributed by atoms with Crippen LogP contribution in [-0.4, -0.2) is 78.8 Å². The van der Waals surface area contributed by atoms with E-state index in [1.165, 1.54) is 26.2 Å². The molecule has 0 aliphatic carbocycles. The minimum absolute atomic E-state index is 0.283. The van der Waals surface area contributed by atoms with Gasteiger partial charge >= 0.3 is 8.56 Å². The summed E-state index contributed by atoms with van der Waals surface area (Å²) in [4.78, 5) is 5.42. The van der Waals surface area contributed by atoms with Crippen molar-refractivity contribution in [2.45, 2.75) is 64.6 Å². The van der Waals surface area contributed by atoms with Gasteiger partial charge in [-0.3, -0.25) is 4.90 Å². The Bertz CT molecular complexity index is 357. The molecule has 6 heteroatoms. The van der Waals surface area contributed by atoms with E-state index in [9.17, 15) is 0 Å². The Balaban J connectivity index is 2.68. The molecule has 0 aromatic heterocycles. The SMILES string of the molecule is CO[Si](C)(CC(C)CN1CCN(C(C)(C)C)CC1[Si](C)C)OC. The fraction of sp³-hybridized carbons (Fsp3) is 1.00. The zero-order valence-electron chi connectivity index (χ0n) is 16.9. The highest BCUT2D eigenvalue weighted by Gasteiger charge is 2.36. The predicted octanol–water partition coefficient (Wildman–Crippen LogP) is 3.07. The monoisotopic (exact) mass is 359 g/mol. The van der Waals surface area contributed by atoms with E-state index in [0.717, 1.165) is 11.7 Å². The fourth-order valence-electron chi connectivity index (χ4n) is 3.54. The molecule has 1 fully saturated rings. The number of nitrogens with zero attached hydrogens (tertiary/aromatic N) is 2. The first kappa shape index (κ1) is 21.3. The molecule has 0 N–H and O–H groups in total. The average Bonchev–Trinajstić information content (AvgIpc) is 2.45. The lowest BCUT2D eigenvalue weighted by Gasteiger charge is -2.48. The third-order valence-electron chi connectivity index (χ3n) is 5.24. The molecule has 0 spiro atoms. The smallest absolute Gasteiger partial charge is 0.334 e. The van der Waals surface area contributed by atoms with Gasteiger partial charge in [0.15, 0.2) is 0 Å². The van der Waals surface area contributed by atoms with E-state index in [2.05, 4.69) is 57.1 Å². The van der Waals surface area contributed by atoms with Gasteiger partial charge in [0, 0.05) is 51.6 Å². The van der Waals surface area contributed by atoms with E-state index in [4.69, 9.17) is 8.85 Å². The first-order valence-electron chi connectivity index (χ1n) is 8.92. The van der Waals surface area contributed by atoms with E-state index in [1.54, 1.807) is 14.2 Å². The zero-order chi connectivity index (χ0) is 17.8. The molecule has 1 heterocycles. The molecule has 2 atom stereocenters. The van der Waals surface area contributed by atoms with Crippen LogP contribution in [0.3, 0.4) is 0 Å². The van der Waals surface area contributed by atoms with Gasteiger partial charge in [-0.2, -0.15) is 0 Å². The molecule has 0 aromatic rings. The minimum atomic E-state index is -1.97. The molecule has 1 rings (SSSR count). The van der Waals surface area contributed by atoms with Crippen LogP contribution in [0, 0.1) is 5.92 Å².